The van der Waals surface area contributed by atoms with Gasteiger partial charge in [0.2, 0.25) is 35.4 Å². The lowest BCUT2D eigenvalue weighted by Crippen LogP contribution is -2.64. The van der Waals surface area contributed by atoms with E-state index in [4.69, 9.17) is 19.4 Å². The van der Waals surface area contributed by atoms with Crippen LogP contribution in [0.3, 0.4) is 0 Å². The summed E-state index contributed by atoms with van der Waals surface area (Å²) < 4.78 is 44.6. The SMILES string of the molecule is C=CCCC(=O)Oc1ccc(C[C@@H](O)[C@@H]2NC(=O)[C@@H]3C[C@@H](O)CN3C(=O)[C@H]([C@@H](C)O)NC(=O)C(N)C[C@@H](O)CNC(=O)[C@@H]3[C@@H](O)[C@@H](C)CN3C(=O)[C@H]([C@H](O)CCN(C(=O)OCC=C)C(CO)CO)NC2=O)cc1OS(O)(O)O. The maximum absolute atomic E-state index is 14.9. The van der Waals surface area contributed by atoms with Gasteiger partial charge in [-0.1, -0.05) is 31.7 Å². The van der Waals surface area contributed by atoms with Gasteiger partial charge in [0.15, 0.2) is 11.5 Å². The summed E-state index contributed by atoms with van der Waals surface area (Å²) in [7, 11) is 0. The van der Waals surface area contributed by atoms with Crippen LogP contribution < -0.4 is 35.9 Å². The first-order chi connectivity index (χ1) is 36.7. The molecule has 0 radical (unpaired) electrons. The molecule has 0 spiro atoms. The number of nitrogens with one attached hydrogen (secondary N) is 4. The zero-order valence-electron chi connectivity index (χ0n) is 42.8. The quantitative estimate of drug-likeness (QED) is 0.0350. The molecular weight excluding hydrogens is 1060 g/mol. The molecule has 1 aromatic rings. The van der Waals surface area contributed by atoms with Crippen LogP contribution in [0.1, 0.15) is 51.5 Å². The fourth-order valence-corrected chi connectivity index (χ4v) is 9.22. The average molecular weight is 1130 g/mol. The van der Waals surface area contributed by atoms with Gasteiger partial charge in [0.05, 0.1) is 61.9 Å². The molecule has 3 aliphatic rings. The first-order valence-electron chi connectivity index (χ1n) is 24.7. The normalized spacial score (nSPS) is 27.4. The fraction of sp³-hybridized carbons (Fsp3) is 0.617. The van der Waals surface area contributed by atoms with Crippen LogP contribution in [-0.4, -0.2) is 242 Å². The Kier molecular flexibility index (Phi) is 24.2. The van der Waals surface area contributed by atoms with Crippen LogP contribution in [0.15, 0.2) is 43.5 Å². The first-order valence-corrected chi connectivity index (χ1v) is 26.1. The molecule has 0 bridgehead atoms. The van der Waals surface area contributed by atoms with E-state index in [1.54, 1.807) is 0 Å². The van der Waals surface area contributed by atoms with Crippen molar-refractivity contribution in [2.45, 2.75) is 131 Å². The summed E-state index contributed by atoms with van der Waals surface area (Å²) in [5.74, 6) is -10.3. The molecule has 3 fully saturated rings. The first kappa shape index (κ1) is 64.5. The minimum atomic E-state index is -4.83. The maximum atomic E-state index is 14.9. The zero-order chi connectivity index (χ0) is 58.3. The van der Waals surface area contributed by atoms with Gasteiger partial charge in [-0.2, -0.15) is 0 Å². The van der Waals surface area contributed by atoms with Crippen molar-refractivity contribution in [2.75, 3.05) is 46.0 Å². The van der Waals surface area contributed by atoms with E-state index in [2.05, 4.69) is 34.4 Å². The van der Waals surface area contributed by atoms with Gasteiger partial charge in [-0.25, -0.2) is 4.79 Å². The molecule has 0 saturated carbocycles. The van der Waals surface area contributed by atoms with Gasteiger partial charge in [-0.05, 0) is 43.9 Å². The number of rotatable bonds is 19. The number of hydrogen-bond acceptors (Lipinski definition) is 23. The molecule has 30 nitrogen and oxygen atoms in total. The zero-order valence-corrected chi connectivity index (χ0v) is 43.6. The number of nitrogens with zero attached hydrogens (tertiary/aromatic N) is 3. The van der Waals surface area contributed by atoms with E-state index in [0.717, 1.165) is 33.8 Å². The second kappa shape index (κ2) is 29.2. The van der Waals surface area contributed by atoms with Crippen molar-refractivity contribution in [1.82, 2.24) is 36.0 Å². The molecule has 1 aromatic carbocycles. The highest BCUT2D eigenvalue weighted by Crippen LogP contribution is 2.41. The van der Waals surface area contributed by atoms with Crippen LogP contribution >= 0.6 is 11.2 Å². The molecule has 1 unspecified atom stereocenters. The number of aliphatic hydroxyl groups is 8. The number of allylic oxidation sites excluding steroid dienone is 1. The molecule has 0 aromatic heterocycles. The van der Waals surface area contributed by atoms with E-state index in [0.29, 0.717) is 0 Å². The fourth-order valence-electron chi connectivity index (χ4n) is 8.85. The van der Waals surface area contributed by atoms with Gasteiger partial charge in [0, 0.05) is 51.4 Å². The number of fused-ring (bicyclic) bond motifs is 2. The van der Waals surface area contributed by atoms with E-state index in [1.165, 1.54) is 25.1 Å². The number of ether oxygens (including phenoxy) is 2. The third-order valence-electron chi connectivity index (χ3n) is 13.0. The predicted octanol–water partition coefficient (Wildman–Crippen LogP) is -5.08. The molecule has 3 aliphatic heterocycles. The Labute approximate surface area is 449 Å². The van der Waals surface area contributed by atoms with Crippen molar-refractivity contribution in [2.24, 2.45) is 11.7 Å². The summed E-state index contributed by atoms with van der Waals surface area (Å²) in [6.07, 6.45) is -11.8. The third kappa shape index (κ3) is 17.5. The number of hydrogen-bond donors (Lipinski definition) is 16. The second-order valence-electron chi connectivity index (χ2n) is 19.1. The Bertz CT molecular complexity index is 2310. The highest BCUT2D eigenvalue weighted by molar-refractivity contribution is 8.15. The molecule has 4 rings (SSSR count). The minimum Gasteiger partial charge on any atom is -0.445 e. The molecule has 78 heavy (non-hydrogen) atoms. The van der Waals surface area contributed by atoms with Gasteiger partial charge < -0.3 is 96.2 Å². The highest BCUT2D eigenvalue weighted by Gasteiger charge is 2.50. The molecule has 3 heterocycles. The van der Waals surface area contributed by atoms with E-state index < -0.39 is 220 Å². The largest absolute Gasteiger partial charge is 0.445 e. The van der Waals surface area contributed by atoms with E-state index in [-0.39, 0.29) is 25.0 Å². The molecule has 7 amide bonds. The summed E-state index contributed by atoms with van der Waals surface area (Å²) in [4.78, 5) is 114. The Morgan fingerprint density at radius 3 is 2.09 bits per heavy atom. The number of nitrogens with two attached hydrogens (primary N) is 1. The van der Waals surface area contributed by atoms with Crippen molar-refractivity contribution in [3.8, 4) is 11.5 Å². The van der Waals surface area contributed by atoms with Gasteiger partial charge in [-0.3, -0.25) is 47.2 Å². The van der Waals surface area contributed by atoms with Crippen molar-refractivity contribution in [3.05, 3.63) is 49.1 Å². The smallest absolute Gasteiger partial charge is 0.410 e. The summed E-state index contributed by atoms with van der Waals surface area (Å²) >= 11 is -4.83. The lowest BCUT2D eigenvalue weighted by molar-refractivity contribution is -0.147. The predicted molar refractivity (Wildman–Crippen MR) is 270 cm³/mol. The Balaban J connectivity index is 1.90. The number of amides is 7. The van der Waals surface area contributed by atoms with Crippen molar-refractivity contribution < 1.29 is 107 Å². The number of esters is 1. The second-order valence-corrected chi connectivity index (χ2v) is 20.2. The van der Waals surface area contributed by atoms with Gasteiger partial charge in [0.1, 0.15) is 36.8 Å². The van der Waals surface area contributed by atoms with Gasteiger partial charge in [-0.15, -0.1) is 6.58 Å². The van der Waals surface area contributed by atoms with Gasteiger partial charge in [0.25, 0.3) is 11.2 Å². The summed E-state index contributed by atoms with van der Waals surface area (Å²) in [5, 5.41) is 97.0. The van der Waals surface area contributed by atoms with E-state index >= 15 is 0 Å². The summed E-state index contributed by atoms with van der Waals surface area (Å²) in [6.45, 7) is 5.24. The molecule has 438 valence electrons. The maximum Gasteiger partial charge on any atom is 0.410 e. The van der Waals surface area contributed by atoms with Crippen LogP contribution in [0.2, 0.25) is 0 Å². The molecule has 31 heteroatoms. The number of β-amino-alcohol motifs (C(OH)–C–C–N with tert-alkyl or cyclic N) is 1. The average Bonchev–Trinajstić information content (AvgIpc) is 3.94. The molecule has 3 saturated heterocycles. The van der Waals surface area contributed by atoms with Crippen LogP contribution in [0, 0.1) is 5.92 Å². The van der Waals surface area contributed by atoms with Crippen molar-refractivity contribution >= 4 is 58.7 Å². The van der Waals surface area contributed by atoms with Crippen molar-refractivity contribution in [1.29, 1.82) is 0 Å². The van der Waals surface area contributed by atoms with E-state index in [1.807, 2.05) is 0 Å². The standard InChI is InChI=1S/C47H72N8O22S/c1-5-7-8-35(63)76-33-10-9-25(15-34(33)77-78(72,73)74)14-32(62)37-43(67)52-38(31(61)11-12-53(26(21-56)22-57)47(71)75-13-6-2)46(70)55-19-23(3)40(64)39(55)44(68)49-18-27(59)16-29(48)41(65)50-36(24(4)58)45(69)54-20-28(60)17-30(54)42(66)51-37/h5-6,9-10,15,23-24,26-32,36-40,56-62,64,72-74H,1-2,7-8,11-14,16-22,48H2,3-4H3,(H,49,68)(H,50,65)(H,51,66)(H,52,67)/t23-,24+,27+,28+,29?,30-,31+,32+,36-,37-,38-,39-,40-/m0/s1. The Hall–Kier alpha value is -6.07. The Morgan fingerprint density at radius 2 is 1.47 bits per heavy atom. The molecule has 17 N–H and O–H groups in total. The number of carbonyl (C=O) groups is 8. The molecule has 0 aliphatic carbocycles. The van der Waals surface area contributed by atoms with Crippen LogP contribution in [0.5, 0.6) is 11.5 Å². The summed E-state index contributed by atoms with van der Waals surface area (Å²) in [5.41, 5.74) is 5.96. The minimum absolute atomic E-state index is 0.101. The molecular formula is C47H72N8O22S. The number of aliphatic hydroxyl groups excluding tert-OH is 8. The third-order valence-corrected chi connectivity index (χ3v) is 13.4. The monoisotopic (exact) mass is 1130 g/mol. The lowest BCUT2D eigenvalue weighted by Gasteiger charge is -2.35. The van der Waals surface area contributed by atoms with Gasteiger partial charge >= 0.3 is 12.1 Å². The topological polar surface area (TPSA) is 471 Å². The van der Waals surface area contributed by atoms with Crippen LogP contribution in [0.4, 0.5) is 4.79 Å². The Morgan fingerprint density at radius 1 is 0.833 bits per heavy atom. The lowest BCUT2D eigenvalue weighted by atomic mass is 9.98. The van der Waals surface area contributed by atoms with E-state index in [9.17, 15) is 92.9 Å². The van der Waals surface area contributed by atoms with Crippen molar-refractivity contribution in [3.63, 3.8) is 0 Å². The number of carbonyl (C=O) groups excluding carboxylic acids is 8. The molecule has 13 atom stereocenters. The highest BCUT2D eigenvalue weighted by atomic mass is 32.3. The van der Waals surface area contributed by atoms with Crippen LogP contribution in [-0.2, 0) is 44.7 Å². The van der Waals surface area contributed by atoms with Crippen LogP contribution in [0.25, 0.3) is 0 Å². The number of benzene rings is 1. The summed E-state index contributed by atoms with van der Waals surface area (Å²) in [6, 6.07) is -9.72.